The second-order valence-electron chi connectivity index (χ2n) is 5.33. The van der Waals surface area contributed by atoms with Gasteiger partial charge in [-0.1, -0.05) is 13.8 Å². The number of hydrogen-bond donors (Lipinski definition) is 1. The molecule has 2 amide bonds. The van der Waals surface area contributed by atoms with Gasteiger partial charge in [-0.15, -0.1) is 0 Å². The SMILES string of the molecule is COC(=O)C1CCCN1C(=O)N(CC(=O)O)CC(C)C. The third-order valence-corrected chi connectivity index (χ3v) is 3.15. The number of nitrogens with zero attached hydrogens (tertiary/aromatic N) is 2. The fraction of sp³-hybridized carbons (Fsp3) is 0.769. The molecule has 0 aliphatic carbocycles. The maximum atomic E-state index is 12.4. The largest absolute Gasteiger partial charge is 0.480 e. The third-order valence-electron chi connectivity index (χ3n) is 3.15. The van der Waals surface area contributed by atoms with E-state index < -0.39 is 24.0 Å². The minimum atomic E-state index is -1.06. The van der Waals surface area contributed by atoms with E-state index in [0.717, 1.165) is 0 Å². The smallest absolute Gasteiger partial charge is 0.328 e. The first-order valence-corrected chi connectivity index (χ1v) is 6.72. The molecule has 0 saturated carbocycles. The Morgan fingerprint density at radius 3 is 2.55 bits per heavy atom. The Morgan fingerprint density at radius 2 is 2.05 bits per heavy atom. The topological polar surface area (TPSA) is 87.2 Å². The molecule has 1 rings (SSSR count). The van der Waals surface area contributed by atoms with Gasteiger partial charge in [0.15, 0.2) is 0 Å². The number of carboxylic acid groups (broad SMARTS) is 1. The molecule has 114 valence electrons. The minimum absolute atomic E-state index is 0.150. The van der Waals surface area contributed by atoms with Crippen LogP contribution in [0.3, 0.4) is 0 Å². The summed E-state index contributed by atoms with van der Waals surface area (Å²) in [6.45, 7) is 4.25. The number of urea groups is 1. The number of carboxylic acids is 1. The van der Waals surface area contributed by atoms with Crippen LogP contribution in [0.4, 0.5) is 4.79 Å². The number of hydrogen-bond acceptors (Lipinski definition) is 4. The van der Waals surface area contributed by atoms with Crippen molar-refractivity contribution in [3.63, 3.8) is 0 Å². The van der Waals surface area contributed by atoms with E-state index in [0.29, 0.717) is 25.9 Å². The Balaban J connectivity index is 2.81. The number of carbonyl (C=O) groups excluding carboxylic acids is 2. The van der Waals surface area contributed by atoms with E-state index in [1.54, 1.807) is 0 Å². The number of rotatable bonds is 5. The van der Waals surface area contributed by atoms with E-state index in [1.807, 2.05) is 13.8 Å². The molecule has 7 heteroatoms. The standard InChI is InChI=1S/C13H22N2O5/c1-9(2)7-14(8-11(16)17)13(19)15-6-4-5-10(15)12(18)20-3/h9-10H,4-8H2,1-3H3,(H,16,17). The van der Waals surface area contributed by atoms with Gasteiger partial charge >= 0.3 is 18.0 Å². The normalized spacial score (nSPS) is 18.2. The summed E-state index contributed by atoms with van der Waals surface area (Å²) >= 11 is 0. The van der Waals surface area contributed by atoms with Gasteiger partial charge in [0.05, 0.1) is 7.11 Å². The fourth-order valence-corrected chi connectivity index (χ4v) is 2.37. The molecule has 1 fully saturated rings. The molecule has 0 aromatic rings. The predicted octanol–water partition coefficient (Wildman–Crippen LogP) is 0.786. The first kappa shape index (κ1) is 16.3. The lowest BCUT2D eigenvalue weighted by Gasteiger charge is -2.30. The van der Waals surface area contributed by atoms with Crippen LogP contribution in [-0.2, 0) is 14.3 Å². The van der Waals surface area contributed by atoms with Crippen molar-refractivity contribution in [3.8, 4) is 0 Å². The maximum absolute atomic E-state index is 12.4. The molecule has 0 spiro atoms. The maximum Gasteiger partial charge on any atom is 0.328 e. The van der Waals surface area contributed by atoms with Gasteiger partial charge in [-0.25, -0.2) is 9.59 Å². The molecule has 20 heavy (non-hydrogen) atoms. The van der Waals surface area contributed by atoms with E-state index in [-0.39, 0.29) is 12.5 Å². The van der Waals surface area contributed by atoms with Gasteiger partial charge in [0, 0.05) is 13.1 Å². The highest BCUT2D eigenvalue weighted by molar-refractivity contribution is 5.86. The van der Waals surface area contributed by atoms with Crippen LogP contribution >= 0.6 is 0 Å². The summed E-state index contributed by atoms with van der Waals surface area (Å²) in [5, 5.41) is 8.91. The van der Waals surface area contributed by atoms with E-state index in [2.05, 4.69) is 4.74 Å². The second kappa shape index (κ2) is 7.12. The molecule has 1 aliphatic rings. The fourth-order valence-electron chi connectivity index (χ4n) is 2.37. The molecule has 1 saturated heterocycles. The Kier molecular flexibility index (Phi) is 5.79. The quantitative estimate of drug-likeness (QED) is 0.755. The van der Waals surface area contributed by atoms with Crippen LogP contribution < -0.4 is 0 Å². The Labute approximate surface area is 118 Å². The lowest BCUT2D eigenvalue weighted by Crippen LogP contribution is -2.50. The lowest BCUT2D eigenvalue weighted by atomic mass is 10.2. The molecule has 1 atom stereocenters. The van der Waals surface area contributed by atoms with E-state index >= 15 is 0 Å². The molecular formula is C13H22N2O5. The number of likely N-dealkylation sites (tertiary alicyclic amines) is 1. The first-order chi connectivity index (χ1) is 9.36. The van der Waals surface area contributed by atoms with E-state index in [9.17, 15) is 14.4 Å². The van der Waals surface area contributed by atoms with Gasteiger partial charge in [0.2, 0.25) is 0 Å². The second-order valence-corrected chi connectivity index (χ2v) is 5.33. The van der Waals surface area contributed by atoms with Crippen molar-refractivity contribution in [3.05, 3.63) is 0 Å². The van der Waals surface area contributed by atoms with Crippen LogP contribution in [0.1, 0.15) is 26.7 Å². The molecule has 0 aromatic carbocycles. The molecule has 7 nitrogen and oxygen atoms in total. The summed E-state index contributed by atoms with van der Waals surface area (Å²) in [6.07, 6.45) is 1.27. The van der Waals surface area contributed by atoms with Gasteiger partial charge in [0.1, 0.15) is 12.6 Å². The van der Waals surface area contributed by atoms with E-state index in [4.69, 9.17) is 5.11 Å². The summed E-state index contributed by atoms with van der Waals surface area (Å²) in [6, 6.07) is -1.01. The van der Waals surface area contributed by atoms with Crippen molar-refractivity contribution < 1.29 is 24.2 Å². The average Bonchev–Trinajstić information content (AvgIpc) is 2.84. The lowest BCUT2D eigenvalue weighted by molar-refractivity contribution is -0.145. The Bertz CT molecular complexity index is 383. The number of amides is 2. The van der Waals surface area contributed by atoms with Gasteiger partial charge in [-0.05, 0) is 18.8 Å². The third kappa shape index (κ3) is 4.11. The summed E-state index contributed by atoms with van der Waals surface area (Å²) in [7, 11) is 1.28. The van der Waals surface area contributed by atoms with Crippen molar-refractivity contribution in [2.75, 3.05) is 26.7 Å². The van der Waals surface area contributed by atoms with Crippen LogP contribution in [0.5, 0.6) is 0 Å². The molecule has 0 bridgehead atoms. The number of ether oxygens (including phenoxy) is 1. The summed E-state index contributed by atoms with van der Waals surface area (Å²) in [5.74, 6) is -1.36. The minimum Gasteiger partial charge on any atom is -0.480 e. The zero-order valence-electron chi connectivity index (χ0n) is 12.2. The highest BCUT2D eigenvalue weighted by atomic mass is 16.5. The highest BCUT2D eigenvalue weighted by Crippen LogP contribution is 2.20. The zero-order chi connectivity index (χ0) is 15.3. The van der Waals surface area contributed by atoms with Gasteiger partial charge < -0.3 is 19.6 Å². The van der Waals surface area contributed by atoms with Crippen LogP contribution in [0.2, 0.25) is 0 Å². The molecule has 1 heterocycles. The van der Waals surface area contributed by atoms with Gasteiger partial charge in [0.25, 0.3) is 0 Å². The van der Waals surface area contributed by atoms with Gasteiger partial charge in [-0.2, -0.15) is 0 Å². The number of carbonyl (C=O) groups is 3. The number of esters is 1. The van der Waals surface area contributed by atoms with Crippen LogP contribution in [0.15, 0.2) is 0 Å². The van der Waals surface area contributed by atoms with E-state index in [1.165, 1.54) is 16.9 Å². The van der Waals surface area contributed by atoms with Crippen LogP contribution in [0.25, 0.3) is 0 Å². The van der Waals surface area contributed by atoms with Crippen LogP contribution in [0, 0.1) is 5.92 Å². The van der Waals surface area contributed by atoms with Crippen molar-refractivity contribution in [2.45, 2.75) is 32.7 Å². The Morgan fingerprint density at radius 1 is 1.40 bits per heavy atom. The van der Waals surface area contributed by atoms with Crippen molar-refractivity contribution in [1.82, 2.24) is 9.80 Å². The summed E-state index contributed by atoms with van der Waals surface area (Å²) in [4.78, 5) is 37.6. The number of methoxy groups -OCH3 is 1. The summed E-state index contributed by atoms with van der Waals surface area (Å²) in [5.41, 5.74) is 0. The summed E-state index contributed by atoms with van der Waals surface area (Å²) < 4.78 is 4.69. The molecule has 1 unspecified atom stereocenters. The predicted molar refractivity (Wildman–Crippen MR) is 71.2 cm³/mol. The molecule has 0 radical (unpaired) electrons. The van der Waals surface area contributed by atoms with Crippen molar-refractivity contribution in [2.24, 2.45) is 5.92 Å². The zero-order valence-corrected chi connectivity index (χ0v) is 12.2. The average molecular weight is 286 g/mol. The van der Waals surface area contributed by atoms with Gasteiger partial charge in [-0.3, -0.25) is 4.79 Å². The molecular weight excluding hydrogens is 264 g/mol. The monoisotopic (exact) mass is 286 g/mol. The van der Waals surface area contributed by atoms with Crippen molar-refractivity contribution >= 4 is 18.0 Å². The molecule has 1 N–H and O–H groups in total. The highest BCUT2D eigenvalue weighted by Gasteiger charge is 2.37. The van der Waals surface area contributed by atoms with Crippen LogP contribution in [-0.4, -0.2) is 65.7 Å². The molecule has 1 aliphatic heterocycles. The Hall–Kier alpha value is -1.79. The molecule has 0 aromatic heterocycles. The first-order valence-electron chi connectivity index (χ1n) is 6.72. The number of aliphatic carboxylic acids is 1. The van der Waals surface area contributed by atoms with Crippen molar-refractivity contribution in [1.29, 1.82) is 0 Å².